The number of guanidine groups is 1. The Morgan fingerprint density at radius 1 is 1.20 bits per heavy atom. The number of rotatable bonds is 5. The maximum atomic E-state index is 12.2. The second kappa shape index (κ2) is 9.42. The minimum absolute atomic E-state index is 0. The highest BCUT2D eigenvalue weighted by Gasteiger charge is 2.17. The Bertz CT molecular complexity index is 1200. The lowest BCUT2D eigenvalue weighted by Crippen LogP contribution is -2.35. The second-order valence-corrected chi connectivity index (χ2v) is 8.11. The summed E-state index contributed by atoms with van der Waals surface area (Å²) in [6, 6.07) is 13.3. The summed E-state index contributed by atoms with van der Waals surface area (Å²) >= 11 is 0. The zero-order valence-corrected chi connectivity index (χ0v) is 17.4. The third-order valence-corrected chi connectivity index (χ3v) is 4.93. The van der Waals surface area contributed by atoms with Crippen molar-refractivity contribution in [1.29, 1.82) is 5.41 Å². The molecule has 0 fully saturated rings. The minimum atomic E-state index is -3.62. The monoisotopic (exact) mass is 450 g/mol. The lowest BCUT2D eigenvalue weighted by molar-refractivity contribution is 0.145. The molecule has 158 valence electrons. The van der Waals surface area contributed by atoms with E-state index in [4.69, 9.17) is 20.6 Å². The molecule has 2 aromatic carbocycles. The van der Waals surface area contributed by atoms with Gasteiger partial charge in [-0.25, -0.2) is 13.2 Å². The summed E-state index contributed by atoms with van der Waals surface area (Å²) in [7, 11) is -3.62. The number of hydrogen-bond acceptors (Lipinski definition) is 7. The van der Waals surface area contributed by atoms with Crippen LogP contribution in [0.15, 0.2) is 59.6 Å². The highest BCUT2D eigenvalue weighted by Crippen LogP contribution is 2.31. The van der Waals surface area contributed by atoms with Gasteiger partial charge >= 0.3 is 6.09 Å². The molecule has 0 bridgehead atoms. The maximum Gasteiger partial charge on any atom is 0.414 e. The van der Waals surface area contributed by atoms with Crippen LogP contribution in [0.5, 0.6) is 11.5 Å². The van der Waals surface area contributed by atoms with Crippen molar-refractivity contribution in [3.8, 4) is 11.5 Å². The van der Waals surface area contributed by atoms with Gasteiger partial charge in [0.15, 0.2) is 15.8 Å². The van der Waals surface area contributed by atoms with Gasteiger partial charge in [0.1, 0.15) is 23.0 Å². The van der Waals surface area contributed by atoms with E-state index in [-0.39, 0.29) is 29.7 Å². The average molecular weight is 451 g/mol. The predicted octanol–water partition coefficient (Wildman–Crippen LogP) is 2.97. The molecule has 0 saturated heterocycles. The molecule has 3 aromatic rings. The number of carbonyl (C=O) groups excluding carboxylic acids is 1. The third-order valence-electron chi connectivity index (χ3n) is 3.82. The number of nitrogens with two attached hydrogens (primary N) is 1. The standard InChI is InChI=1S/C19H18N4O5S.ClH/c1-29(25,26)17-9-12(11-27-19(24)23-18(20)21)4-7-16(17)28-14-5-6-15-13(10-14)3-2-8-22-15;/h2-10H,11H2,1H3,(H4,20,21,23,24);1H. The van der Waals surface area contributed by atoms with Crippen LogP contribution >= 0.6 is 12.4 Å². The first-order valence-corrected chi connectivity index (χ1v) is 10.2. The highest BCUT2D eigenvalue weighted by atomic mass is 35.5. The minimum Gasteiger partial charge on any atom is -0.456 e. The number of benzene rings is 2. The Kier molecular flexibility index (Phi) is 7.19. The van der Waals surface area contributed by atoms with Crippen molar-refractivity contribution in [1.82, 2.24) is 10.3 Å². The smallest absolute Gasteiger partial charge is 0.414 e. The van der Waals surface area contributed by atoms with Gasteiger partial charge in [0.2, 0.25) is 0 Å². The topological polar surface area (TPSA) is 144 Å². The highest BCUT2D eigenvalue weighted by molar-refractivity contribution is 7.90. The van der Waals surface area contributed by atoms with Crippen LogP contribution in [0.2, 0.25) is 0 Å². The summed E-state index contributed by atoms with van der Waals surface area (Å²) in [6.45, 7) is -0.205. The first-order valence-electron chi connectivity index (χ1n) is 8.36. The molecule has 4 N–H and O–H groups in total. The molecule has 9 nitrogen and oxygen atoms in total. The molecule has 0 aliphatic rings. The van der Waals surface area contributed by atoms with Gasteiger partial charge in [0.25, 0.3) is 0 Å². The van der Waals surface area contributed by atoms with E-state index in [0.29, 0.717) is 11.3 Å². The number of fused-ring (bicyclic) bond motifs is 1. The predicted molar refractivity (Wildman–Crippen MR) is 114 cm³/mol. The van der Waals surface area contributed by atoms with E-state index in [9.17, 15) is 13.2 Å². The van der Waals surface area contributed by atoms with Gasteiger partial charge < -0.3 is 15.2 Å². The second-order valence-electron chi connectivity index (χ2n) is 6.13. The van der Waals surface area contributed by atoms with Crippen molar-refractivity contribution in [2.24, 2.45) is 5.73 Å². The van der Waals surface area contributed by atoms with Crippen LogP contribution in [0.4, 0.5) is 4.79 Å². The van der Waals surface area contributed by atoms with Crippen LogP contribution < -0.4 is 15.8 Å². The summed E-state index contributed by atoms with van der Waals surface area (Å²) in [5.41, 5.74) is 6.26. The van der Waals surface area contributed by atoms with Crippen molar-refractivity contribution >= 4 is 45.2 Å². The lowest BCUT2D eigenvalue weighted by atomic mass is 10.2. The lowest BCUT2D eigenvalue weighted by Gasteiger charge is -2.13. The number of pyridine rings is 1. The third kappa shape index (κ3) is 5.82. The van der Waals surface area contributed by atoms with Crippen LogP contribution in [0, 0.1) is 5.41 Å². The molecule has 3 rings (SSSR count). The van der Waals surface area contributed by atoms with Gasteiger partial charge in [-0.1, -0.05) is 12.1 Å². The first kappa shape index (κ1) is 22.9. The molecule has 0 saturated carbocycles. The van der Waals surface area contributed by atoms with E-state index in [1.807, 2.05) is 11.4 Å². The van der Waals surface area contributed by atoms with Gasteiger partial charge in [-0.3, -0.25) is 15.7 Å². The fraction of sp³-hybridized carbons (Fsp3) is 0.105. The molecule has 0 spiro atoms. The van der Waals surface area contributed by atoms with Crippen LogP contribution in [0.3, 0.4) is 0 Å². The van der Waals surface area contributed by atoms with Gasteiger partial charge in [-0.05, 0) is 42.0 Å². The van der Waals surface area contributed by atoms with Crippen molar-refractivity contribution in [2.45, 2.75) is 11.5 Å². The van der Waals surface area contributed by atoms with Gasteiger partial charge in [0.05, 0.1) is 5.52 Å². The largest absolute Gasteiger partial charge is 0.456 e. The summed E-state index contributed by atoms with van der Waals surface area (Å²) in [6.07, 6.45) is 1.83. The summed E-state index contributed by atoms with van der Waals surface area (Å²) in [4.78, 5) is 15.6. The Labute approximate surface area is 179 Å². The first-order chi connectivity index (χ1) is 13.7. The van der Waals surface area contributed by atoms with Crippen molar-refractivity contribution < 1.29 is 22.7 Å². The molecule has 1 aromatic heterocycles. The van der Waals surface area contributed by atoms with Crippen molar-refractivity contribution in [2.75, 3.05) is 6.26 Å². The van der Waals surface area contributed by atoms with Crippen LogP contribution in [-0.4, -0.2) is 31.7 Å². The van der Waals surface area contributed by atoms with E-state index < -0.39 is 21.9 Å². The molecule has 11 heteroatoms. The van der Waals surface area contributed by atoms with E-state index in [0.717, 1.165) is 17.2 Å². The van der Waals surface area contributed by atoms with Gasteiger partial charge in [-0.2, -0.15) is 0 Å². The number of alkyl carbamates (subject to hydrolysis) is 1. The fourth-order valence-corrected chi connectivity index (χ4v) is 3.40. The van der Waals surface area contributed by atoms with Gasteiger partial charge in [-0.15, -0.1) is 12.4 Å². The molecule has 0 radical (unpaired) electrons. The number of hydrogen-bond donors (Lipinski definition) is 3. The Morgan fingerprint density at radius 2 is 1.97 bits per heavy atom. The quantitative estimate of drug-likeness (QED) is 0.400. The van der Waals surface area contributed by atoms with Crippen molar-refractivity contribution in [3.63, 3.8) is 0 Å². The molecule has 0 unspecified atom stereocenters. The number of nitrogens with zero attached hydrogens (tertiary/aromatic N) is 1. The van der Waals surface area contributed by atoms with E-state index in [2.05, 4.69) is 4.98 Å². The molecular formula is C19H19ClN4O5S. The molecule has 0 aliphatic carbocycles. The molecule has 1 heterocycles. The number of carbonyl (C=O) groups is 1. The van der Waals surface area contributed by atoms with Gasteiger partial charge in [0, 0.05) is 17.8 Å². The zero-order chi connectivity index (χ0) is 21.0. The van der Waals surface area contributed by atoms with E-state index in [1.165, 1.54) is 12.1 Å². The average Bonchev–Trinajstić information content (AvgIpc) is 2.65. The van der Waals surface area contributed by atoms with E-state index >= 15 is 0 Å². The van der Waals surface area contributed by atoms with Crippen LogP contribution in [-0.2, 0) is 21.2 Å². The number of sulfone groups is 1. The molecular weight excluding hydrogens is 432 g/mol. The Hall–Kier alpha value is -3.37. The number of halogens is 1. The number of amides is 1. The van der Waals surface area contributed by atoms with Crippen molar-refractivity contribution in [3.05, 3.63) is 60.3 Å². The Balaban J connectivity index is 0.00000320. The molecule has 0 aliphatic heterocycles. The summed E-state index contributed by atoms with van der Waals surface area (Å²) in [5, 5.41) is 9.80. The summed E-state index contributed by atoms with van der Waals surface area (Å²) in [5.74, 6) is 0.0501. The normalized spacial score (nSPS) is 10.7. The maximum absolute atomic E-state index is 12.2. The molecule has 1 amide bonds. The fourth-order valence-electron chi connectivity index (χ4n) is 2.56. The van der Waals surface area contributed by atoms with E-state index in [1.54, 1.807) is 36.5 Å². The zero-order valence-electron chi connectivity index (χ0n) is 15.8. The number of nitrogens with one attached hydrogen (secondary N) is 2. The van der Waals surface area contributed by atoms with Crippen LogP contribution in [0.25, 0.3) is 10.9 Å². The number of aromatic nitrogens is 1. The SMILES string of the molecule is CS(=O)(=O)c1cc(COC(=O)NC(=N)N)ccc1Oc1ccc2ncccc2c1.Cl. The molecule has 30 heavy (non-hydrogen) atoms. The van der Waals surface area contributed by atoms with Crippen LogP contribution in [0.1, 0.15) is 5.56 Å². The number of ether oxygens (including phenoxy) is 2. The molecule has 0 atom stereocenters. The summed E-state index contributed by atoms with van der Waals surface area (Å²) < 4.78 is 35.2. The Morgan fingerprint density at radius 3 is 2.67 bits per heavy atom.